The van der Waals surface area contributed by atoms with Crippen molar-refractivity contribution in [2.75, 3.05) is 7.11 Å². The molecule has 0 saturated heterocycles. The van der Waals surface area contributed by atoms with E-state index in [-0.39, 0.29) is 5.56 Å². The molecular weight excluding hydrogens is 197 g/mol. The average Bonchev–Trinajstić information content (AvgIpc) is 2.17. The van der Waals surface area contributed by atoms with Crippen molar-refractivity contribution in [3.8, 4) is 5.75 Å². The van der Waals surface area contributed by atoms with E-state index < -0.39 is 17.6 Å². The lowest BCUT2D eigenvalue weighted by Gasteiger charge is -2.12. The van der Waals surface area contributed by atoms with Crippen LogP contribution < -0.4 is 10.5 Å². The molecule has 0 aliphatic heterocycles. The molecule has 1 rings (SSSR count). The van der Waals surface area contributed by atoms with Crippen molar-refractivity contribution in [1.82, 2.24) is 0 Å². The van der Waals surface area contributed by atoms with Crippen LogP contribution in [0.3, 0.4) is 0 Å². The van der Waals surface area contributed by atoms with E-state index in [1.807, 2.05) is 0 Å². The Morgan fingerprint density at radius 2 is 2.13 bits per heavy atom. The number of carbonyl (C=O) groups is 1. The minimum Gasteiger partial charge on any atom is -0.496 e. The topological polar surface area (TPSA) is 52.3 Å². The van der Waals surface area contributed by atoms with Gasteiger partial charge in [-0.1, -0.05) is 0 Å². The number of ether oxygens (including phenoxy) is 1. The largest absolute Gasteiger partial charge is 0.496 e. The first-order valence-corrected chi connectivity index (χ1v) is 4.62. The van der Waals surface area contributed by atoms with Gasteiger partial charge in [0, 0.05) is 5.56 Å². The van der Waals surface area contributed by atoms with Gasteiger partial charge in [-0.05, 0) is 26.0 Å². The number of hydrogen-bond donors (Lipinski definition) is 1. The fourth-order valence-electron chi connectivity index (χ4n) is 1.41. The molecule has 0 amide bonds. The molecule has 0 bridgehead atoms. The van der Waals surface area contributed by atoms with Crippen LogP contribution in [0.4, 0.5) is 4.39 Å². The van der Waals surface area contributed by atoms with Crippen LogP contribution in [0.5, 0.6) is 5.75 Å². The summed E-state index contributed by atoms with van der Waals surface area (Å²) in [7, 11) is 1.47. The average molecular weight is 211 g/mol. The number of ketones is 1. The van der Waals surface area contributed by atoms with Crippen LogP contribution in [0, 0.1) is 12.7 Å². The number of methoxy groups -OCH3 is 1. The quantitative estimate of drug-likeness (QED) is 0.774. The highest BCUT2D eigenvalue weighted by atomic mass is 19.1. The third kappa shape index (κ3) is 2.15. The van der Waals surface area contributed by atoms with Crippen LogP contribution in [0.1, 0.15) is 22.8 Å². The number of Topliss-reactive ketones (excluding diaryl/α,β-unsaturated/α-hetero) is 1. The number of benzene rings is 1. The molecule has 0 fully saturated rings. The molecular formula is C11H14FNO2. The van der Waals surface area contributed by atoms with Crippen molar-refractivity contribution in [3.63, 3.8) is 0 Å². The van der Waals surface area contributed by atoms with Crippen molar-refractivity contribution in [2.45, 2.75) is 19.9 Å². The molecule has 0 heterocycles. The maximum Gasteiger partial charge on any atom is 0.182 e. The molecule has 1 aromatic carbocycles. The molecule has 0 spiro atoms. The molecule has 0 saturated carbocycles. The van der Waals surface area contributed by atoms with Crippen LogP contribution in [0.2, 0.25) is 0 Å². The maximum absolute atomic E-state index is 13.4. The minimum absolute atomic E-state index is 0.0179. The van der Waals surface area contributed by atoms with Crippen molar-refractivity contribution in [1.29, 1.82) is 0 Å². The monoisotopic (exact) mass is 211 g/mol. The van der Waals surface area contributed by atoms with Crippen LogP contribution in [-0.4, -0.2) is 18.9 Å². The molecule has 0 radical (unpaired) electrons. The third-order valence-corrected chi connectivity index (χ3v) is 2.24. The summed E-state index contributed by atoms with van der Waals surface area (Å²) in [6, 6.07) is 1.98. The van der Waals surface area contributed by atoms with Gasteiger partial charge in [-0.2, -0.15) is 0 Å². The lowest BCUT2D eigenvalue weighted by Crippen LogP contribution is -2.28. The summed E-state index contributed by atoms with van der Waals surface area (Å²) < 4.78 is 18.5. The predicted octanol–water partition coefficient (Wildman–Crippen LogP) is 1.67. The van der Waals surface area contributed by atoms with Gasteiger partial charge >= 0.3 is 0 Å². The van der Waals surface area contributed by atoms with Gasteiger partial charge in [0.2, 0.25) is 0 Å². The second kappa shape index (κ2) is 4.40. The van der Waals surface area contributed by atoms with E-state index in [1.54, 1.807) is 6.92 Å². The van der Waals surface area contributed by atoms with Crippen molar-refractivity contribution < 1.29 is 13.9 Å². The molecule has 1 aromatic rings. The molecule has 2 N–H and O–H groups in total. The molecule has 1 atom stereocenters. The van der Waals surface area contributed by atoms with Gasteiger partial charge in [0.25, 0.3) is 0 Å². The van der Waals surface area contributed by atoms with Gasteiger partial charge < -0.3 is 10.5 Å². The normalized spacial score (nSPS) is 12.3. The summed E-state index contributed by atoms with van der Waals surface area (Å²) >= 11 is 0. The van der Waals surface area contributed by atoms with Gasteiger partial charge in [-0.3, -0.25) is 4.79 Å². The summed E-state index contributed by atoms with van der Waals surface area (Å²) in [6.07, 6.45) is 0. The Kier molecular flexibility index (Phi) is 3.42. The Bertz CT molecular complexity index is 388. The Hall–Kier alpha value is -1.42. The van der Waals surface area contributed by atoms with Crippen LogP contribution in [0.15, 0.2) is 12.1 Å². The standard InChI is InChI=1S/C11H14FNO2/c1-6-9(15-3)5-4-8(12)10(6)11(14)7(2)13/h4-5,7H,13H2,1-3H3. The zero-order valence-corrected chi connectivity index (χ0v) is 9.00. The molecule has 15 heavy (non-hydrogen) atoms. The smallest absolute Gasteiger partial charge is 0.182 e. The van der Waals surface area contributed by atoms with Crippen LogP contribution >= 0.6 is 0 Å². The summed E-state index contributed by atoms with van der Waals surface area (Å²) in [5.74, 6) is -0.486. The number of halogens is 1. The lowest BCUT2D eigenvalue weighted by atomic mass is 9.99. The number of hydrogen-bond acceptors (Lipinski definition) is 3. The number of rotatable bonds is 3. The van der Waals surface area contributed by atoms with E-state index in [1.165, 1.54) is 26.2 Å². The Balaban J connectivity index is 3.33. The Labute approximate surface area is 88.0 Å². The summed E-state index contributed by atoms with van der Waals surface area (Å²) in [6.45, 7) is 3.16. The van der Waals surface area contributed by atoms with Crippen molar-refractivity contribution >= 4 is 5.78 Å². The summed E-state index contributed by atoms with van der Waals surface area (Å²) in [5, 5.41) is 0. The molecule has 0 aliphatic rings. The van der Waals surface area contributed by atoms with Gasteiger partial charge in [0.1, 0.15) is 11.6 Å². The van der Waals surface area contributed by atoms with E-state index in [9.17, 15) is 9.18 Å². The second-order valence-electron chi connectivity index (χ2n) is 3.40. The predicted molar refractivity (Wildman–Crippen MR) is 55.7 cm³/mol. The van der Waals surface area contributed by atoms with Crippen LogP contribution in [0.25, 0.3) is 0 Å². The van der Waals surface area contributed by atoms with Gasteiger partial charge in [0.15, 0.2) is 5.78 Å². The van der Waals surface area contributed by atoms with E-state index in [0.29, 0.717) is 11.3 Å². The molecule has 0 aliphatic carbocycles. The SMILES string of the molecule is COc1ccc(F)c(C(=O)C(C)N)c1C. The van der Waals surface area contributed by atoms with E-state index in [4.69, 9.17) is 10.5 Å². The maximum atomic E-state index is 13.4. The lowest BCUT2D eigenvalue weighted by molar-refractivity contribution is 0.0963. The highest BCUT2D eigenvalue weighted by Gasteiger charge is 2.20. The first kappa shape index (κ1) is 11.7. The Morgan fingerprint density at radius 1 is 1.53 bits per heavy atom. The van der Waals surface area contributed by atoms with Crippen molar-refractivity contribution in [3.05, 3.63) is 29.1 Å². The second-order valence-corrected chi connectivity index (χ2v) is 3.40. The number of carbonyl (C=O) groups excluding carboxylic acids is 1. The zero-order valence-electron chi connectivity index (χ0n) is 9.00. The first-order valence-electron chi connectivity index (χ1n) is 4.62. The third-order valence-electron chi connectivity index (χ3n) is 2.24. The summed E-state index contributed by atoms with van der Waals surface area (Å²) in [5.41, 5.74) is 5.94. The van der Waals surface area contributed by atoms with Gasteiger partial charge in [-0.25, -0.2) is 4.39 Å². The fraction of sp³-hybridized carbons (Fsp3) is 0.364. The van der Waals surface area contributed by atoms with Crippen LogP contribution in [-0.2, 0) is 0 Å². The Morgan fingerprint density at radius 3 is 2.60 bits per heavy atom. The van der Waals surface area contributed by atoms with E-state index in [0.717, 1.165) is 0 Å². The fourth-order valence-corrected chi connectivity index (χ4v) is 1.41. The van der Waals surface area contributed by atoms with E-state index >= 15 is 0 Å². The number of nitrogens with two attached hydrogens (primary N) is 1. The zero-order chi connectivity index (χ0) is 11.6. The first-order chi connectivity index (χ1) is 6.99. The van der Waals surface area contributed by atoms with Crippen molar-refractivity contribution in [2.24, 2.45) is 5.73 Å². The molecule has 1 unspecified atom stereocenters. The molecule has 4 heteroatoms. The summed E-state index contributed by atoms with van der Waals surface area (Å²) in [4.78, 5) is 11.6. The molecule has 0 aromatic heterocycles. The highest BCUT2D eigenvalue weighted by molar-refractivity contribution is 6.01. The highest BCUT2D eigenvalue weighted by Crippen LogP contribution is 2.24. The molecule has 82 valence electrons. The van der Waals surface area contributed by atoms with Gasteiger partial charge in [-0.15, -0.1) is 0 Å². The minimum atomic E-state index is -0.717. The van der Waals surface area contributed by atoms with Gasteiger partial charge in [0.05, 0.1) is 18.7 Å². The van der Waals surface area contributed by atoms with E-state index in [2.05, 4.69) is 0 Å². The molecule has 3 nitrogen and oxygen atoms in total.